The Bertz CT molecular complexity index is 574. The Kier molecular flexibility index (Phi) is 6.19. The third kappa shape index (κ3) is 3.83. The molecule has 0 spiro atoms. The molecule has 0 N–H and O–H groups in total. The molecule has 1 heterocycles. The Morgan fingerprint density at radius 3 is 2.52 bits per heavy atom. The third-order valence-electron chi connectivity index (χ3n) is 3.78. The zero-order valence-electron chi connectivity index (χ0n) is 12.8. The summed E-state index contributed by atoms with van der Waals surface area (Å²) in [5.74, 6) is 2.35. The predicted molar refractivity (Wildman–Crippen MR) is 93.0 cm³/mol. The normalized spacial score (nSPS) is 11.2. The Labute approximate surface area is 136 Å². The fourth-order valence-electron chi connectivity index (χ4n) is 2.57. The highest BCUT2D eigenvalue weighted by molar-refractivity contribution is 6.18. The number of hydrogen-bond acceptors (Lipinski definition) is 2. The van der Waals surface area contributed by atoms with E-state index in [1.807, 2.05) is 0 Å². The van der Waals surface area contributed by atoms with Crippen molar-refractivity contribution in [1.82, 2.24) is 9.55 Å². The molecule has 0 fully saturated rings. The number of hydrogen-bond donors (Lipinski definition) is 0. The molecule has 5 heteroatoms. The highest BCUT2D eigenvalue weighted by Gasteiger charge is 2.11. The van der Waals surface area contributed by atoms with E-state index >= 15 is 0 Å². The molecule has 0 aliphatic heterocycles. The minimum Gasteiger partial charge on any atom is -0.369 e. The molecule has 0 bridgehead atoms. The third-order valence-corrected chi connectivity index (χ3v) is 4.12. The van der Waals surface area contributed by atoms with Crippen molar-refractivity contribution in [3.05, 3.63) is 24.0 Å². The van der Waals surface area contributed by atoms with Crippen LogP contribution < -0.4 is 4.90 Å². The maximum Gasteiger partial charge on any atom is 0.109 e. The van der Waals surface area contributed by atoms with Crippen LogP contribution in [0, 0.1) is 0 Å². The zero-order valence-corrected chi connectivity index (χ0v) is 14.3. The van der Waals surface area contributed by atoms with Crippen LogP contribution in [0.15, 0.2) is 18.2 Å². The van der Waals surface area contributed by atoms with Crippen LogP contribution in [-0.4, -0.2) is 34.4 Å². The lowest BCUT2D eigenvalue weighted by atomic mass is 10.2. The van der Waals surface area contributed by atoms with Crippen molar-refractivity contribution >= 4 is 39.9 Å². The van der Waals surface area contributed by atoms with Gasteiger partial charge in [0.15, 0.2) is 0 Å². The molecule has 0 radical (unpaired) electrons. The zero-order chi connectivity index (χ0) is 15.2. The number of anilines is 1. The number of imidazole rings is 1. The quantitative estimate of drug-likeness (QED) is 0.677. The molecule has 116 valence electrons. The molecular formula is C16H23Cl2N3. The molecule has 1 aromatic carbocycles. The molecule has 2 rings (SSSR count). The lowest BCUT2D eigenvalue weighted by Crippen LogP contribution is -2.27. The first-order valence-corrected chi connectivity index (χ1v) is 8.60. The number of nitrogens with zero attached hydrogens (tertiary/aromatic N) is 3. The Morgan fingerprint density at radius 1 is 1.19 bits per heavy atom. The van der Waals surface area contributed by atoms with Gasteiger partial charge in [0.05, 0.1) is 11.0 Å². The van der Waals surface area contributed by atoms with Gasteiger partial charge in [0.1, 0.15) is 5.82 Å². The number of fused-ring (bicyclic) bond motifs is 1. The van der Waals surface area contributed by atoms with E-state index in [0.717, 1.165) is 36.5 Å². The summed E-state index contributed by atoms with van der Waals surface area (Å²) < 4.78 is 2.20. The van der Waals surface area contributed by atoms with Gasteiger partial charge >= 0.3 is 0 Å². The standard InChI is InChI=1S/C16H23Cl2N3/c1-3-4-5-16-19-14-12-13(6-7-15(14)20(16)2)21(10-8-17)11-9-18/h6-7,12H,3-5,8-11H2,1-2H3. The van der Waals surface area contributed by atoms with E-state index in [9.17, 15) is 0 Å². The van der Waals surface area contributed by atoms with Crippen molar-refractivity contribution in [3.8, 4) is 0 Å². The lowest BCUT2D eigenvalue weighted by molar-refractivity contribution is 0.720. The van der Waals surface area contributed by atoms with Gasteiger partial charge in [-0.05, 0) is 24.6 Å². The van der Waals surface area contributed by atoms with Crippen LogP contribution in [0.5, 0.6) is 0 Å². The Hall–Kier alpha value is -0.930. The van der Waals surface area contributed by atoms with Gasteiger partial charge in [-0.1, -0.05) is 13.3 Å². The van der Waals surface area contributed by atoms with Crippen molar-refractivity contribution in [3.63, 3.8) is 0 Å². The topological polar surface area (TPSA) is 21.1 Å². The summed E-state index contributed by atoms with van der Waals surface area (Å²) in [6, 6.07) is 6.42. The smallest absolute Gasteiger partial charge is 0.109 e. The molecule has 0 saturated carbocycles. The SMILES string of the molecule is CCCCc1nc2cc(N(CCCl)CCCl)ccc2n1C. The average Bonchev–Trinajstić information content (AvgIpc) is 2.81. The summed E-state index contributed by atoms with van der Waals surface area (Å²) >= 11 is 11.8. The van der Waals surface area contributed by atoms with Crippen LogP contribution in [-0.2, 0) is 13.5 Å². The van der Waals surface area contributed by atoms with E-state index < -0.39 is 0 Å². The van der Waals surface area contributed by atoms with Crippen molar-refractivity contribution in [2.45, 2.75) is 26.2 Å². The molecule has 0 aliphatic rings. The number of benzene rings is 1. The van der Waals surface area contributed by atoms with Crippen molar-refractivity contribution in [2.75, 3.05) is 29.7 Å². The van der Waals surface area contributed by atoms with Crippen LogP contribution >= 0.6 is 23.2 Å². The molecule has 1 aromatic heterocycles. The second-order valence-corrected chi connectivity index (χ2v) is 5.98. The number of unbranched alkanes of at least 4 members (excludes halogenated alkanes) is 1. The van der Waals surface area contributed by atoms with Crippen LogP contribution in [0.4, 0.5) is 5.69 Å². The molecule has 0 saturated heterocycles. The molecule has 3 nitrogen and oxygen atoms in total. The second-order valence-electron chi connectivity index (χ2n) is 5.23. The highest BCUT2D eigenvalue weighted by Crippen LogP contribution is 2.23. The van der Waals surface area contributed by atoms with E-state index in [0.29, 0.717) is 11.8 Å². The van der Waals surface area contributed by atoms with Gasteiger partial charge in [-0.15, -0.1) is 23.2 Å². The number of alkyl halides is 2. The van der Waals surface area contributed by atoms with E-state index in [1.165, 1.54) is 18.4 Å². The first kappa shape index (κ1) is 16.4. The summed E-state index contributed by atoms with van der Waals surface area (Å²) in [5.41, 5.74) is 3.38. The van der Waals surface area contributed by atoms with Crippen LogP contribution in [0.25, 0.3) is 11.0 Å². The molecule has 0 aliphatic carbocycles. The summed E-state index contributed by atoms with van der Waals surface area (Å²) in [6.07, 6.45) is 3.40. The highest BCUT2D eigenvalue weighted by atomic mass is 35.5. The van der Waals surface area contributed by atoms with Gasteiger partial charge < -0.3 is 9.47 Å². The van der Waals surface area contributed by atoms with Crippen LogP contribution in [0.3, 0.4) is 0 Å². The van der Waals surface area contributed by atoms with Gasteiger partial charge in [0.2, 0.25) is 0 Å². The van der Waals surface area contributed by atoms with Crippen molar-refractivity contribution in [1.29, 1.82) is 0 Å². The molecule has 2 aromatic rings. The molecule has 21 heavy (non-hydrogen) atoms. The number of aryl methyl sites for hydroxylation is 2. The van der Waals surface area contributed by atoms with Gasteiger partial charge in [0, 0.05) is 44.0 Å². The van der Waals surface area contributed by atoms with Gasteiger partial charge in [-0.25, -0.2) is 4.98 Å². The van der Waals surface area contributed by atoms with Crippen molar-refractivity contribution < 1.29 is 0 Å². The Balaban J connectivity index is 2.31. The lowest BCUT2D eigenvalue weighted by Gasteiger charge is -2.22. The predicted octanol–water partition coefficient (Wildman–Crippen LogP) is 4.20. The first-order chi connectivity index (χ1) is 10.2. The largest absolute Gasteiger partial charge is 0.369 e. The Morgan fingerprint density at radius 2 is 1.90 bits per heavy atom. The molecule has 0 unspecified atom stereocenters. The number of aromatic nitrogens is 2. The monoisotopic (exact) mass is 327 g/mol. The molecule has 0 atom stereocenters. The van der Waals surface area contributed by atoms with E-state index in [1.54, 1.807) is 0 Å². The summed E-state index contributed by atoms with van der Waals surface area (Å²) in [7, 11) is 2.09. The van der Waals surface area contributed by atoms with Gasteiger partial charge in [0.25, 0.3) is 0 Å². The van der Waals surface area contributed by atoms with E-state index in [-0.39, 0.29) is 0 Å². The number of halogens is 2. The van der Waals surface area contributed by atoms with Gasteiger partial charge in [-0.3, -0.25) is 0 Å². The van der Waals surface area contributed by atoms with E-state index in [2.05, 4.69) is 41.6 Å². The molecule has 0 amide bonds. The van der Waals surface area contributed by atoms with Crippen LogP contribution in [0.1, 0.15) is 25.6 Å². The fraction of sp³-hybridized carbons (Fsp3) is 0.562. The van der Waals surface area contributed by atoms with Gasteiger partial charge in [-0.2, -0.15) is 0 Å². The first-order valence-electron chi connectivity index (χ1n) is 7.53. The maximum absolute atomic E-state index is 5.88. The van der Waals surface area contributed by atoms with Crippen LogP contribution in [0.2, 0.25) is 0 Å². The summed E-state index contributed by atoms with van der Waals surface area (Å²) in [5, 5.41) is 0. The summed E-state index contributed by atoms with van der Waals surface area (Å²) in [4.78, 5) is 6.99. The molecular weight excluding hydrogens is 305 g/mol. The average molecular weight is 328 g/mol. The maximum atomic E-state index is 5.88. The fourth-order valence-corrected chi connectivity index (χ4v) is 2.98. The summed E-state index contributed by atoms with van der Waals surface area (Å²) in [6.45, 7) is 3.81. The minimum absolute atomic E-state index is 0.596. The second kappa shape index (κ2) is 7.90. The minimum atomic E-state index is 0.596. The van der Waals surface area contributed by atoms with E-state index in [4.69, 9.17) is 28.2 Å². The number of rotatable bonds is 8. The van der Waals surface area contributed by atoms with Crippen molar-refractivity contribution in [2.24, 2.45) is 7.05 Å².